The number of hydrogen-bond donors (Lipinski definition) is 2. The smallest absolute Gasteiger partial charge is 0.343 e. The third-order valence-corrected chi connectivity index (χ3v) is 6.16. The van der Waals surface area contributed by atoms with E-state index in [1.807, 2.05) is 86.2 Å². The number of nitrogens with zero attached hydrogens (tertiary/aromatic N) is 2. The van der Waals surface area contributed by atoms with Crippen molar-refractivity contribution in [2.75, 3.05) is 58.0 Å². The molecule has 1 aliphatic heterocycles. The van der Waals surface area contributed by atoms with E-state index >= 15 is 0 Å². The fraction of sp³-hybridized carbons (Fsp3) is 0.250. The number of fused-ring (bicyclic) bond motifs is 2. The van der Waals surface area contributed by atoms with Crippen LogP contribution in [0.1, 0.15) is 17.3 Å². The number of hydrogen-bond acceptors (Lipinski definition) is 8. The molecular formula is C28H31N4O5+. The minimum atomic E-state index is -0.706. The van der Waals surface area contributed by atoms with Gasteiger partial charge < -0.3 is 29.8 Å². The third-order valence-electron chi connectivity index (χ3n) is 6.16. The van der Waals surface area contributed by atoms with Gasteiger partial charge in [-0.1, -0.05) is 6.07 Å². The van der Waals surface area contributed by atoms with Crippen LogP contribution in [0.2, 0.25) is 0 Å². The van der Waals surface area contributed by atoms with Crippen molar-refractivity contribution < 1.29 is 23.5 Å². The number of nitrogens with two attached hydrogens (primary N) is 1. The van der Waals surface area contributed by atoms with Crippen LogP contribution >= 0.6 is 0 Å². The zero-order chi connectivity index (χ0) is 26.9. The van der Waals surface area contributed by atoms with Crippen molar-refractivity contribution in [1.29, 1.82) is 0 Å². The van der Waals surface area contributed by atoms with E-state index in [2.05, 4.69) is 5.32 Å². The molecular weight excluding hydrogens is 472 g/mol. The molecule has 2 aromatic carbocycles. The molecule has 2 aliphatic rings. The van der Waals surface area contributed by atoms with Gasteiger partial charge in [0.15, 0.2) is 0 Å². The van der Waals surface area contributed by atoms with Gasteiger partial charge >= 0.3 is 11.9 Å². The lowest BCUT2D eigenvalue weighted by atomic mass is 9.89. The number of nitrogen functional groups attached to an aromatic ring is 1. The van der Waals surface area contributed by atoms with E-state index in [0.29, 0.717) is 22.6 Å². The molecule has 3 N–H and O–H groups in total. The van der Waals surface area contributed by atoms with E-state index in [-0.39, 0.29) is 11.3 Å². The Balaban J connectivity index is 2.07. The number of anilines is 3. The van der Waals surface area contributed by atoms with Gasteiger partial charge in [0.05, 0.1) is 23.0 Å². The van der Waals surface area contributed by atoms with Gasteiger partial charge in [-0.15, -0.1) is 0 Å². The Morgan fingerprint density at radius 2 is 1.76 bits per heavy atom. The molecule has 9 nitrogen and oxygen atoms in total. The summed E-state index contributed by atoms with van der Waals surface area (Å²) in [7, 11) is 9.56. The first kappa shape index (κ1) is 25.6. The summed E-state index contributed by atoms with van der Waals surface area (Å²) < 4.78 is 18.5. The van der Waals surface area contributed by atoms with E-state index in [1.165, 1.54) is 6.92 Å². The van der Waals surface area contributed by atoms with Gasteiger partial charge in [0.25, 0.3) is 0 Å². The van der Waals surface area contributed by atoms with Gasteiger partial charge in [-0.25, -0.2) is 9.37 Å². The monoisotopic (exact) mass is 503 g/mol. The predicted octanol–water partition coefficient (Wildman–Crippen LogP) is 3.60. The van der Waals surface area contributed by atoms with E-state index in [9.17, 15) is 9.59 Å². The quantitative estimate of drug-likeness (QED) is 0.135. The number of carbonyl (C=O) groups is 2. The van der Waals surface area contributed by atoms with Crippen molar-refractivity contribution in [3.05, 3.63) is 59.5 Å². The average Bonchev–Trinajstić information content (AvgIpc) is 2.85. The average molecular weight is 504 g/mol. The molecule has 192 valence electrons. The van der Waals surface area contributed by atoms with Gasteiger partial charge in [-0.3, -0.25) is 4.79 Å². The molecule has 0 radical (unpaired) electrons. The molecule has 4 rings (SSSR count). The zero-order valence-corrected chi connectivity index (χ0v) is 21.8. The third kappa shape index (κ3) is 4.93. The highest BCUT2D eigenvalue weighted by Crippen LogP contribution is 2.44. The molecule has 0 aromatic heterocycles. The first-order valence-electron chi connectivity index (χ1n) is 11.7. The number of nitrogens with one attached hydrogen (secondary N) is 1. The Bertz CT molecular complexity index is 1550. The standard InChI is InChI=1S/C28H30N4O5/c1-16(33)35-15-36-28(34)26-21(11-12-22(30-2)27(26)29)25-19-9-7-17(31(3)4)13-23(19)37-24-14-18(32(5)6)8-10-20(24)25/h7-14H,15H2,1-6H3,(H2,29,34)/p+1. The van der Waals surface area contributed by atoms with Crippen LogP contribution in [0.3, 0.4) is 0 Å². The second kappa shape index (κ2) is 10.2. The van der Waals surface area contributed by atoms with Crippen LogP contribution < -0.4 is 25.9 Å². The second-order valence-corrected chi connectivity index (χ2v) is 9.01. The molecule has 1 aliphatic carbocycles. The van der Waals surface area contributed by atoms with Gasteiger partial charge in [-0.2, -0.15) is 0 Å². The highest BCUT2D eigenvalue weighted by atomic mass is 16.7. The maximum atomic E-state index is 13.3. The summed E-state index contributed by atoms with van der Waals surface area (Å²) in [6.45, 7) is 0.728. The summed E-state index contributed by atoms with van der Waals surface area (Å²) in [6, 6.07) is 15.5. The second-order valence-electron chi connectivity index (χ2n) is 9.01. The Morgan fingerprint density at radius 1 is 1.03 bits per heavy atom. The largest absolute Gasteiger partial charge is 0.456 e. The van der Waals surface area contributed by atoms with Crippen LogP contribution in [0.25, 0.3) is 33.4 Å². The zero-order valence-electron chi connectivity index (χ0n) is 21.8. The van der Waals surface area contributed by atoms with Crippen molar-refractivity contribution in [2.45, 2.75) is 6.92 Å². The minimum Gasteiger partial charge on any atom is -0.456 e. The first-order chi connectivity index (χ1) is 17.6. The molecule has 2 aromatic rings. The van der Waals surface area contributed by atoms with Crippen molar-refractivity contribution >= 4 is 40.0 Å². The molecule has 37 heavy (non-hydrogen) atoms. The number of esters is 2. The molecule has 0 spiro atoms. The normalized spacial score (nSPS) is 10.9. The first-order valence-corrected chi connectivity index (χ1v) is 11.7. The van der Waals surface area contributed by atoms with Crippen LogP contribution in [-0.2, 0) is 14.3 Å². The fourth-order valence-corrected chi connectivity index (χ4v) is 4.22. The maximum absolute atomic E-state index is 13.3. The van der Waals surface area contributed by atoms with E-state index < -0.39 is 18.7 Å². The topological polar surface area (TPSA) is 110 Å². The Hall–Kier alpha value is -4.53. The van der Waals surface area contributed by atoms with Crippen LogP contribution in [0.4, 0.5) is 17.1 Å². The molecule has 0 atom stereocenters. The molecule has 9 heteroatoms. The van der Waals surface area contributed by atoms with Gasteiger partial charge in [0.1, 0.15) is 25.4 Å². The van der Waals surface area contributed by atoms with Crippen LogP contribution in [0.5, 0.6) is 0 Å². The number of carbonyl (C=O) groups excluding carboxylic acids is 2. The van der Waals surface area contributed by atoms with Gasteiger partial charge in [0, 0.05) is 62.4 Å². The molecule has 0 saturated heterocycles. The predicted molar refractivity (Wildman–Crippen MR) is 146 cm³/mol. The van der Waals surface area contributed by atoms with Crippen molar-refractivity contribution in [2.24, 2.45) is 0 Å². The molecule has 0 bridgehead atoms. The van der Waals surface area contributed by atoms with E-state index in [0.717, 1.165) is 27.6 Å². The van der Waals surface area contributed by atoms with Gasteiger partial charge in [-0.05, 0) is 29.8 Å². The van der Waals surface area contributed by atoms with Crippen molar-refractivity contribution in [3.63, 3.8) is 0 Å². The molecule has 1 heterocycles. The fourth-order valence-electron chi connectivity index (χ4n) is 4.22. The lowest BCUT2D eigenvalue weighted by Gasteiger charge is -2.21. The Morgan fingerprint density at radius 3 is 2.41 bits per heavy atom. The molecule has 0 fully saturated rings. The minimum absolute atomic E-state index is 0.168. The highest BCUT2D eigenvalue weighted by molar-refractivity contribution is 6.12. The maximum Gasteiger partial charge on any atom is 0.343 e. The number of rotatable bonds is 6. The van der Waals surface area contributed by atoms with Crippen molar-refractivity contribution in [1.82, 2.24) is 4.58 Å². The van der Waals surface area contributed by atoms with Gasteiger partial charge in [0.2, 0.25) is 12.2 Å². The summed E-state index contributed by atoms with van der Waals surface area (Å²) in [6.07, 6.45) is 0. The SMILES string of the molecule is CNc1ccc(-c2c3ccc(=[N+](C)C)cc-3oc3cc(N(C)C)ccc23)c(C(=O)OCOC(C)=O)c1N. The van der Waals surface area contributed by atoms with Crippen molar-refractivity contribution in [3.8, 4) is 22.5 Å². The Labute approximate surface area is 215 Å². The Kier molecular flexibility index (Phi) is 7.06. The van der Waals surface area contributed by atoms with Crippen LogP contribution in [0.15, 0.2) is 52.9 Å². The number of benzene rings is 3. The summed E-state index contributed by atoms with van der Waals surface area (Å²) >= 11 is 0. The lowest BCUT2D eigenvalue weighted by molar-refractivity contribution is -0.149. The molecule has 0 unspecified atom stereocenters. The molecule has 0 saturated carbocycles. The molecule has 0 amide bonds. The highest BCUT2D eigenvalue weighted by Gasteiger charge is 2.26. The summed E-state index contributed by atoms with van der Waals surface area (Å²) in [5.41, 5.74) is 11.2. The summed E-state index contributed by atoms with van der Waals surface area (Å²) in [4.78, 5) is 26.5. The van der Waals surface area contributed by atoms with E-state index in [1.54, 1.807) is 7.05 Å². The van der Waals surface area contributed by atoms with Crippen LogP contribution in [-0.4, -0.2) is 54.0 Å². The number of ether oxygens (including phenoxy) is 2. The summed E-state index contributed by atoms with van der Waals surface area (Å²) in [5, 5.41) is 4.79. The lowest BCUT2D eigenvalue weighted by Crippen LogP contribution is -2.21. The van der Waals surface area contributed by atoms with E-state index in [4.69, 9.17) is 19.6 Å². The summed E-state index contributed by atoms with van der Waals surface area (Å²) in [5.74, 6) is -0.608. The van der Waals surface area contributed by atoms with Crippen LogP contribution in [0, 0.1) is 0 Å².